The summed E-state index contributed by atoms with van der Waals surface area (Å²) < 4.78 is 33.4. The minimum Gasteiger partial charge on any atom is -0.495 e. The normalized spacial score (nSPS) is 18.0. The second kappa shape index (κ2) is 9.03. The molecule has 3 rings (SSSR count). The first-order valence-corrected chi connectivity index (χ1v) is 10.2. The van der Waals surface area contributed by atoms with E-state index in [0.717, 1.165) is 38.8 Å². The van der Waals surface area contributed by atoms with Crippen molar-refractivity contribution in [3.8, 4) is 5.75 Å². The lowest BCUT2D eigenvalue weighted by Crippen LogP contribution is -2.48. The zero-order valence-electron chi connectivity index (χ0n) is 14.8. The molecule has 1 amide bonds. The fourth-order valence-electron chi connectivity index (χ4n) is 3.19. The van der Waals surface area contributed by atoms with E-state index in [1.54, 1.807) is 6.07 Å². The summed E-state index contributed by atoms with van der Waals surface area (Å²) in [5.41, 5.74) is 0.319. The molecule has 1 saturated carbocycles. The molecule has 2 fully saturated rings. The van der Waals surface area contributed by atoms with Crippen LogP contribution in [-0.2, 0) is 10.0 Å². The monoisotopic (exact) mass is 403 g/mol. The molecule has 0 aromatic heterocycles. The predicted octanol–water partition coefficient (Wildman–Crippen LogP) is 1.29. The van der Waals surface area contributed by atoms with Gasteiger partial charge in [0, 0.05) is 37.2 Å². The topological polar surface area (TPSA) is 96.5 Å². The highest BCUT2D eigenvalue weighted by Gasteiger charge is 2.27. The highest BCUT2D eigenvalue weighted by atomic mass is 35.5. The Balaban J connectivity index is 0.00000243. The summed E-state index contributed by atoms with van der Waals surface area (Å²) in [7, 11) is -2.31. The Hall–Kier alpha value is -1.35. The summed E-state index contributed by atoms with van der Waals surface area (Å²) in [6.07, 6.45) is 3.75. The van der Waals surface area contributed by atoms with E-state index >= 15 is 0 Å². The summed E-state index contributed by atoms with van der Waals surface area (Å²) in [5.74, 6) is 0.409. The number of halogens is 1. The van der Waals surface area contributed by atoms with E-state index in [0.29, 0.717) is 18.0 Å². The van der Waals surface area contributed by atoms with Gasteiger partial charge in [0.2, 0.25) is 10.0 Å². The third-order valence-electron chi connectivity index (χ3n) is 4.81. The Morgan fingerprint density at radius 3 is 2.54 bits per heavy atom. The molecule has 0 bridgehead atoms. The summed E-state index contributed by atoms with van der Waals surface area (Å²) >= 11 is 0. The highest BCUT2D eigenvalue weighted by Crippen LogP contribution is 2.27. The van der Waals surface area contributed by atoms with Crippen molar-refractivity contribution in [2.75, 3.05) is 26.7 Å². The minimum atomic E-state index is -3.73. The Bertz CT molecular complexity index is 732. The molecule has 1 saturated heterocycles. The van der Waals surface area contributed by atoms with Crippen LogP contribution in [0.5, 0.6) is 5.75 Å². The van der Waals surface area contributed by atoms with Gasteiger partial charge in [0.1, 0.15) is 10.6 Å². The average molecular weight is 404 g/mol. The van der Waals surface area contributed by atoms with Crippen molar-refractivity contribution in [1.29, 1.82) is 0 Å². The summed E-state index contributed by atoms with van der Waals surface area (Å²) in [4.78, 5) is 12.3. The van der Waals surface area contributed by atoms with Crippen molar-refractivity contribution >= 4 is 28.3 Å². The molecule has 1 heterocycles. The van der Waals surface area contributed by atoms with Crippen LogP contribution in [0.4, 0.5) is 0 Å². The third kappa shape index (κ3) is 4.88. The molecular weight excluding hydrogens is 378 g/mol. The Kier molecular flexibility index (Phi) is 7.28. The van der Waals surface area contributed by atoms with E-state index in [9.17, 15) is 13.2 Å². The second-order valence-electron chi connectivity index (χ2n) is 6.70. The van der Waals surface area contributed by atoms with Crippen molar-refractivity contribution in [3.05, 3.63) is 23.8 Å². The number of sulfonamides is 1. The molecule has 1 aromatic rings. The number of ether oxygens (including phenoxy) is 1. The first kappa shape index (κ1) is 21.0. The molecule has 1 aliphatic carbocycles. The van der Waals surface area contributed by atoms with Gasteiger partial charge in [0.05, 0.1) is 7.11 Å². The van der Waals surface area contributed by atoms with Crippen molar-refractivity contribution in [1.82, 2.24) is 15.4 Å². The van der Waals surface area contributed by atoms with Gasteiger partial charge < -0.3 is 15.4 Å². The molecule has 0 atom stereocenters. The van der Waals surface area contributed by atoms with Crippen LogP contribution in [-0.4, -0.2) is 47.1 Å². The van der Waals surface area contributed by atoms with Crippen LogP contribution in [0.2, 0.25) is 0 Å². The molecule has 1 aromatic carbocycles. The fraction of sp³-hybridized carbons (Fsp3) is 0.588. The quantitative estimate of drug-likeness (QED) is 0.637. The molecule has 146 valence electrons. The van der Waals surface area contributed by atoms with Crippen LogP contribution in [0.3, 0.4) is 0 Å². The lowest BCUT2D eigenvalue weighted by Gasteiger charge is -2.27. The van der Waals surface area contributed by atoms with Crippen LogP contribution in [0.1, 0.15) is 36.0 Å². The third-order valence-corrected chi connectivity index (χ3v) is 6.35. The Morgan fingerprint density at radius 1 is 1.27 bits per heavy atom. The van der Waals surface area contributed by atoms with E-state index < -0.39 is 10.0 Å². The lowest BCUT2D eigenvalue weighted by molar-refractivity contribution is 0.0942. The molecule has 1 aliphatic heterocycles. The van der Waals surface area contributed by atoms with Crippen LogP contribution in [0.15, 0.2) is 23.1 Å². The van der Waals surface area contributed by atoms with Crippen molar-refractivity contribution in [3.63, 3.8) is 0 Å². The van der Waals surface area contributed by atoms with Gasteiger partial charge in [-0.1, -0.05) is 12.8 Å². The van der Waals surface area contributed by atoms with Gasteiger partial charge in [0.15, 0.2) is 0 Å². The largest absolute Gasteiger partial charge is 0.495 e. The highest BCUT2D eigenvalue weighted by molar-refractivity contribution is 7.89. The zero-order valence-corrected chi connectivity index (χ0v) is 16.4. The summed E-state index contributed by atoms with van der Waals surface area (Å²) in [6, 6.07) is 4.47. The standard InChI is InChI=1S/C17H25N3O4S.ClH/c1-24-15-7-6-13(17(21)19-11-12-9-18-10-12)8-16(15)25(22,23)20-14-4-2-3-5-14;/h6-8,12,14,18,20H,2-5,9-11H2,1H3,(H,19,21);1H. The maximum Gasteiger partial charge on any atom is 0.251 e. The van der Waals surface area contributed by atoms with E-state index in [1.165, 1.54) is 19.2 Å². The number of hydrogen-bond donors (Lipinski definition) is 3. The van der Waals surface area contributed by atoms with Crippen LogP contribution in [0.25, 0.3) is 0 Å². The Labute approximate surface area is 160 Å². The molecule has 9 heteroatoms. The minimum absolute atomic E-state index is 0. The van der Waals surface area contributed by atoms with Crippen molar-refractivity contribution < 1.29 is 17.9 Å². The van der Waals surface area contributed by atoms with Gasteiger partial charge >= 0.3 is 0 Å². The number of hydrogen-bond acceptors (Lipinski definition) is 5. The number of rotatable bonds is 7. The number of amides is 1. The van der Waals surface area contributed by atoms with E-state index in [4.69, 9.17) is 4.74 Å². The first-order chi connectivity index (χ1) is 12.0. The molecule has 0 radical (unpaired) electrons. The SMILES string of the molecule is COc1ccc(C(=O)NCC2CNC2)cc1S(=O)(=O)NC1CCCC1.Cl. The van der Waals surface area contributed by atoms with Gasteiger partial charge in [-0.2, -0.15) is 0 Å². The first-order valence-electron chi connectivity index (χ1n) is 8.69. The van der Waals surface area contributed by atoms with Crippen LogP contribution < -0.4 is 20.1 Å². The Morgan fingerprint density at radius 2 is 1.96 bits per heavy atom. The van der Waals surface area contributed by atoms with Gasteiger partial charge in [0.25, 0.3) is 5.91 Å². The van der Waals surface area contributed by atoms with Crippen molar-refractivity contribution in [2.45, 2.75) is 36.6 Å². The molecular formula is C17H26ClN3O4S. The number of nitrogens with one attached hydrogen (secondary N) is 3. The van der Waals surface area contributed by atoms with E-state index in [2.05, 4.69) is 15.4 Å². The molecule has 0 spiro atoms. The lowest BCUT2D eigenvalue weighted by atomic mass is 10.0. The number of methoxy groups -OCH3 is 1. The maximum absolute atomic E-state index is 12.7. The number of carbonyl (C=O) groups is 1. The summed E-state index contributed by atoms with van der Waals surface area (Å²) in [6.45, 7) is 2.38. The molecule has 7 nitrogen and oxygen atoms in total. The van der Waals surface area contributed by atoms with Gasteiger partial charge in [-0.15, -0.1) is 12.4 Å². The van der Waals surface area contributed by atoms with Crippen LogP contribution >= 0.6 is 12.4 Å². The smallest absolute Gasteiger partial charge is 0.251 e. The second-order valence-corrected chi connectivity index (χ2v) is 8.39. The molecule has 0 unspecified atom stereocenters. The number of carbonyl (C=O) groups excluding carboxylic acids is 1. The van der Waals surface area contributed by atoms with Crippen molar-refractivity contribution in [2.24, 2.45) is 5.92 Å². The van der Waals surface area contributed by atoms with Gasteiger partial charge in [-0.3, -0.25) is 4.79 Å². The van der Waals surface area contributed by atoms with E-state index in [-0.39, 0.29) is 35.0 Å². The zero-order chi connectivity index (χ0) is 17.9. The van der Waals surface area contributed by atoms with Crippen LogP contribution in [0, 0.1) is 5.92 Å². The maximum atomic E-state index is 12.7. The molecule has 2 aliphatic rings. The predicted molar refractivity (Wildman–Crippen MR) is 102 cm³/mol. The average Bonchev–Trinajstić information content (AvgIpc) is 3.04. The molecule has 26 heavy (non-hydrogen) atoms. The summed E-state index contributed by atoms with van der Waals surface area (Å²) in [5, 5.41) is 6.00. The van der Waals surface area contributed by atoms with Gasteiger partial charge in [-0.05, 0) is 31.0 Å². The number of benzene rings is 1. The van der Waals surface area contributed by atoms with Gasteiger partial charge in [-0.25, -0.2) is 13.1 Å². The fourth-order valence-corrected chi connectivity index (χ4v) is 4.69. The molecule has 3 N–H and O–H groups in total. The van der Waals surface area contributed by atoms with E-state index in [1.807, 2.05) is 0 Å².